The molecular weight excluding hydrogens is 387 g/mol. The summed E-state index contributed by atoms with van der Waals surface area (Å²) in [5.74, 6) is -0.648. The van der Waals surface area contributed by atoms with Gasteiger partial charge in [-0.2, -0.15) is 5.10 Å². The molecule has 1 saturated heterocycles. The van der Waals surface area contributed by atoms with E-state index in [1.54, 1.807) is 24.9 Å². The van der Waals surface area contributed by atoms with Crippen molar-refractivity contribution in [1.82, 2.24) is 24.6 Å². The topological polar surface area (TPSA) is 116 Å². The molecule has 1 amide bonds. The molecule has 9 nitrogen and oxygen atoms in total. The molecule has 0 atom stereocenters. The van der Waals surface area contributed by atoms with Gasteiger partial charge in [-0.1, -0.05) is 0 Å². The Balaban J connectivity index is 0.00000225. The third kappa shape index (κ3) is 4.01. The van der Waals surface area contributed by atoms with Crippen LogP contribution in [0.15, 0.2) is 6.20 Å². The maximum atomic E-state index is 11.4. The maximum absolute atomic E-state index is 11.4. The van der Waals surface area contributed by atoms with Gasteiger partial charge in [-0.25, -0.2) is 9.97 Å². The van der Waals surface area contributed by atoms with E-state index >= 15 is 0 Å². The second-order valence-electron chi connectivity index (χ2n) is 7.08. The van der Waals surface area contributed by atoms with Crippen LogP contribution < -0.4 is 61.8 Å². The Bertz CT molecular complexity index is 920. The Hall–Kier alpha value is -1.33. The number of amides is 1. The largest absolute Gasteiger partial charge is 1.00 e. The molecule has 1 aliphatic heterocycles. The van der Waals surface area contributed by atoms with Gasteiger partial charge >= 0.3 is 51.4 Å². The molecule has 2 aliphatic rings. The van der Waals surface area contributed by atoms with Gasteiger partial charge in [0.1, 0.15) is 5.69 Å². The molecule has 2 aromatic heterocycles. The predicted octanol–water partition coefficient (Wildman–Crippen LogP) is -3.23. The van der Waals surface area contributed by atoms with Crippen LogP contribution >= 0.6 is 0 Å². The quantitative estimate of drug-likeness (QED) is 0.531. The van der Waals surface area contributed by atoms with Crippen molar-refractivity contribution in [2.24, 2.45) is 7.05 Å². The van der Waals surface area contributed by atoms with Crippen molar-refractivity contribution < 1.29 is 66.1 Å². The molecule has 4 rings (SSSR count). The van der Waals surface area contributed by atoms with Crippen molar-refractivity contribution in [1.29, 1.82) is 0 Å². The van der Waals surface area contributed by atoms with Crippen molar-refractivity contribution >= 4 is 17.8 Å². The zero-order valence-corrected chi connectivity index (χ0v) is 19.5. The van der Waals surface area contributed by atoms with E-state index in [4.69, 9.17) is 0 Å². The third-order valence-corrected chi connectivity index (χ3v) is 5.35. The van der Waals surface area contributed by atoms with Crippen molar-refractivity contribution in [2.45, 2.75) is 38.6 Å². The average Bonchev–Trinajstić information content (AvgIpc) is 2.99. The Morgan fingerprint density at radius 1 is 1.25 bits per heavy atom. The first kappa shape index (κ1) is 21.4. The molecule has 0 bridgehead atoms. The number of carbonyl (C=O) groups excluding carboxylic acids is 2. The molecular formula is C18H21KN6O3. The number of aryl methyl sites for hydroxylation is 2. The summed E-state index contributed by atoms with van der Waals surface area (Å²) in [6, 6.07) is 0.201. The summed E-state index contributed by atoms with van der Waals surface area (Å²) in [7, 11) is 1.72. The summed E-state index contributed by atoms with van der Waals surface area (Å²) in [5, 5.41) is 18.8. The molecule has 28 heavy (non-hydrogen) atoms. The molecule has 10 heteroatoms. The summed E-state index contributed by atoms with van der Waals surface area (Å²) in [5.41, 5.74) is 3.07. The SMILES string of the molecule is CC(=O)N1CCC(Nc2ncc3c(n2)-c2c(c(C(=O)[O-])nn2C)CC3)CC1.[K+]. The van der Waals surface area contributed by atoms with Gasteiger partial charge in [-0.3, -0.25) is 9.48 Å². The zero-order valence-electron chi connectivity index (χ0n) is 16.4. The van der Waals surface area contributed by atoms with Crippen LogP contribution in [0.3, 0.4) is 0 Å². The van der Waals surface area contributed by atoms with Gasteiger partial charge in [-0.15, -0.1) is 0 Å². The van der Waals surface area contributed by atoms with Gasteiger partial charge in [-0.05, 0) is 31.2 Å². The molecule has 0 saturated carbocycles. The smallest absolute Gasteiger partial charge is 0.543 e. The van der Waals surface area contributed by atoms with Crippen LogP contribution in [0.5, 0.6) is 0 Å². The molecule has 0 radical (unpaired) electrons. The number of fused-ring (bicyclic) bond motifs is 3. The number of aromatic carboxylic acids is 1. The van der Waals surface area contributed by atoms with E-state index in [-0.39, 0.29) is 69.0 Å². The van der Waals surface area contributed by atoms with E-state index in [9.17, 15) is 14.7 Å². The van der Waals surface area contributed by atoms with E-state index < -0.39 is 5.97 Å². The van der Waals surface area contributed by atoms with E-state index in [1.165, 1.54) is 0 Å². The number of hydrogen-bond acceptors (Lipinski definition) is 7. The van der Waals surface area contributed by atoms with Crippen LogP contribution in [0.4, 0.5) is 5.95 Å². The monoisotopic (exact) mass is 408 g/mol. The number of likely N-dealkylation sites (tertiary alicyclic amines) is 1. The first-order chi connectivity index (χ1) is 12.9. The van der Waals surface area contributed by atoms with Crippen LogP contribution in [-0.4, -0.2) is 55.7 Å². The van der Waals surface area contributed by atoms with Crippen molar-refractivity contribution in [2.75, 3.05) is 18.4 Å². The van der Waals surface area contributed by atoms with Crippen molar-refractivity contribution in [3.8, 4) is 11.4 Å². The normalized spacial score (nSPS) is 16.0. The Morgan fingerprint density at radius 3 is 2.61 bits per heavy atom. The molecule has 1 aliphatic carbocycles. The van der Waals surface area contributed by atoms with Crippen LogP contribution in [-0.2, 0) is 24.7 Å². The average molecular weight is 409 g/mol. The number of piperidine rings is 1. The Labute approximate surface area is 205 Å². The fraction of sp³-hybridized carbons (Fsp3) is 0.500. The van der Waals surface area contributed by atoms with E-state index in [2.05, 4.69) is 20.4 Å². The second-order valence-corrected chi connectivity index (χ2v) is 7.08. The van der Waals surface area contributed by atoms with Crippen LogP contribution in [0, 0.1) is 0 Å². The fourth-order valence-electron chi connectivity index (χ4n) is 3.91. The summed E-state index contributed by atoms with van der Waals surface area (Å²) in [4.78, 5) is 33.7. The summed E-state index contributed by atoms with van der Waals surface area (Å²) < 4.78 is 1.56. The van der Waals surface area contributed by atoms with E-state index in [1.807, 2.05) is 4.90 Å². The first-order valence-corrected chi connectivity index (χ1v) is 9.09. The van der Waals surface area contributed by atoms with Crippen LogP contribution in [0.1, 0.15) is 41.4 Å². The molecule has 1 N–H and O–H groups in total. The van der Waals surface area contributed by atoms with Gasteiger partial charge in [0.15, 0.2) is 0 Å². The third-order valence-electron chi connectivity index (χ3n) is 5.35. The Kier molecular flexibility index (Phi) is 6.55. The number of nitrogens with one attached hydrogen (secondary N) is 1. The van der Waals surface area contributed by atoms with Crippen LogP contribution in [0.2, 0.25) is 0 Å². The van der Waals surface area contributed by atoms with Gasteiger partial charge < -0.3 is 20.1 Å². The number of hydrogen-bond donors (Lipinski definition) is 1. The van der Waals surface area contributed by atoms with Gasteiger partial charge in [0.05, 0.1) is 17.4 Å². The summed E-state index contributed by atoms with van der Waals surface area (Å²) in [6.07, 6.45) is 4.73. The number of carboxylic acid groups (broad SMARTS) is 1. The number of carboxylic acids is 1. The van der Waals surface area contributed by atoms with Gasteiger partial charge in [0, 0.05) is 44.9 Å². The van der Waals surface area contributed by atoms with E-state index in [0.717, 1.165) is 37.2 Å². The molecule has 0 unspecified atom stereocenters. The van der Waals surface area contributed by atoms with E-state index in [0.29, 0.717) is 30.0 Å². The van der Waals surface area contributed by atoms with Gasteiger partial charge in [0.25, 0.3) is 0 Å². The minimum Gasteiger partial charge on any atom is -0.543 e. The van der Waals surface area contributed by atoms with Crippen molar-refractivity contribution in [3.63, 3.8) is 0 Å². The van der Waals surface area contributed by atoms with Crippen molar-refractivity contribution in [3.05, 3.63) is 23.0 Å². The number of anilines is 1. The molecule has 3 heterocycles. The maximum Gasteiger partial charge on any atom is 1.00 e. The molecule has 0 aromatic carbocycles. The fourth-order valence-corrected chi connectivity index (χ4v) is 3.91. The molecule has 142 valence electrons. The summed E-state index contributed by atoms with van der Waals surface area (Å²) in [6.45, 7) is 3.03. The standard InChI is InChI=1S/C18H22N6O3.K/c1-10(25)24-7-5-12(6-8-24)20-18-19-9-11-3-4-13-15(17(26)27)22-23(2)16(13)14(11)21-18;/h9,12H,3-8H2,1-2H3,(H,26,27)(H,19,20,21);/q;+1/p-1. The molecule has 2 aromatic rings. The predicted molar refractivity (Wildman–Crippen MR) is 94.9 cm³/mol. The molecule has 1 fully saturated rings. The number of nitrogens with zero attached hydrogens (tertiary/aromatic N) is 5. The minimum atomic E-state index is -1.26. The zero-order chi connectivity index (χ0) is 19.1. The second kappa shape index (κ2) is 8.58. The van der Waals surface area contributed by atoms with Crippen LogP contribution in [0.25, 0.3) is 11.4 Å². The summed E-state index contributed by atoms with van der Waals surface area (Å²) >= 11 is 0. The molecule has 0 spiro atoms. The van der Waals surface area contributed by atoms with Gasteiger partial charge in [0.2, 0.25) is 11.9 Å². The number of aromatic nitrogens is 4. The first-order valence-electron chi connectivity index (χ1n) is 9.09. The number of carbonyl (C=O) groups is 2. The Morgan fingerprint density at radius 2 is 1.96 bits per heavy atom. The minimum absolute atomic E-state index is 0. The number of rotatable bonds is 3.